The van der Waals surface area contributed by atoms with Gasteiger partial charge in [0.05, 0.1) is 5.69 Å². The average molecular weight is 280 g/mol. The molecule has 1 N–H and O–H groups in total. The third-order valence-electron chi connectivity index (χ3n) is 3.84. The molecule has 0 spiro atoms. The van der Waals surface area contributed by atoms with Gasteiger partial charge < -0.3 is 14.5 Å². The van der Waals surface area contributed by atoms with E-state index in [4.69, 9.17) is 9.15 Å². The van der Waals surface area contributed by atoms with Gasteiger partial charge in [-0.25, -0.2) is 0 Å². The van der Waals surface area contributed by atoms with E-state index in [0.29, 0.717) is 23.5 Å². The standard InChI is InChI=1S/C16H28N2O2/c1-11(2)17-9-13-10-19-15(18-13)20-14-6-12(3)7-16(4,5)8-14/h10-12,14,17H,6-9H2,1-5H3. The fourth-order valence-electron chi connectivity index (χ4n) is 3.22. The highest BCUT2D eigenvalue weighted by Gasteiger charge is 2.33. The first-order valence-electron chi connectivity index (χ1n) is 7.68. The topological polar surface area (TPSA) is 47.3 Å². The van der Waals surface area contributed by atoms with Gasteiger partial charge >= 0.3 is 6.08 Å². The Labute approximate surface area is 122 Å². The minimum Gasteiger partial charge on any atom is -0.447 e. The maximum atomic E-state index is 5.94. The van der Waals surface area contributed by atoms with E-state index in [1.54, 1.807) is 6.26 Å². The third kappa shape index (κ3) is 4.51. The second kappa shape index (κ2) is 6.17. The molecule has 0 aliphatic heterocycles. The molecule has 4 heteroatoms. The van der Waals surface area contributed by atoms with Crippen LogP contribution in [-0.4, -0.2) is 17.1 Å². The smallest absolute Gasteiger partial charge is 0.394 e. The van der Waals surface area contributed by atoms with Crippen LogP contribution >= 0.6 is 0 Å². The van der Waals surface area contributed by atoms with E-state index in [1.165, 1.54) is 6.42 Å². The summed E-state index contributed by atoms with van der Waals surface area (Å²) < 4.78 is 11.4. The van der Waals surface area contributed by atoms with E-state index in [2.05, 4.69) is 44.9 Å². The molecule has 2 unspecified atom stereocenters. The zero-order valence-corrected chi connectivity index (χ0v) is 13.4. The van der Waals surface area contributed by atoms with E-state index < -0.39 is 0 Å². The van der Waals surface area contributed by atoms with E-state index in [1.807, 2.05) is 0 Å². The molecule has 0 amide bonds. The second-order valence-electron chi connectivity index (χ2n) is 7.29. The van der Waals surface area contributed by atoms with Crippen LogP contribution in [0.15, 0.2) is 10.7 Å². The van der Waals surface area contributed by atoms with Crippen LogP contribution < -0.4 is 10.1 Å². The van der Waals surface area contributed by atoms with Crippen LogP contribution in [0.4, 0.5) is 0 Å². The average Bonchev–Trinajstić information content (AvgIpc) is 2.71. The van der Waals surface area contributed by atoms with Crippen molar-refractivity contribution in [1.29, 1.82) is 0 Å². The third-order valence-corrected chi connectivity index (χ3v) is 3.84. The Morgan fingerprint density at radius 3 is 2.85 bits per heavy atom. The fraction of sp³-hybridized carbons (Fsp3) is 0.812. The van der Waals surface area contributed by atoms with E-state index in [0.717, 1.165) is 25.1 Å². The highest BCUT2D eigenvalue weighted by atomic mass is 16.6. The predicted octanol–water partition coefficient (Wildman–Crippen LogP) is 3.77. The van der Waals surface area contributed by atoms with Gasteiger partial charge in [-0.15, -0.1) is 0 Å². The van der Waals surface area contributed by atoms with Crippen molar-refractivity contribution in [3.63, 3.8) is 0 Å². The Hall–Kier alpha value is -1.03. The van der Waals surface area contributed by atoms with Crippen molar-refractivity contribution in [3.05, 3.63) is 12.0 Å². The SMILES string of the molecule is CC1CC(Oc2nc(CNC(C)C)co2)CC(C)(C)C1. The zero-order valence-electron chi connectivity index (χ0n) is 13.4. The number of hydrogen-bond acceptors (Lipinski definition) is 4. The number of nitrogens with one attached hydrogen (secondary N) is 1. The van der Waals surface area contributed by atoms with Gasteiger partial charge in [-0.05, 0) is 30.6 Å². The van der Waals surface area contributed by atoms with Crippen LogP contribution in [0, 0.1) is 11.3 Å². The summed E-state index contributed by atoms with van der Waals surface area (Å²) in [6.45, 7) is 11.9. The first-order valence-corrected chi connectivity index (χ1v) is 7.68. The fourth-order valence-corrected chi connectivity index (χ4v) is 3.22. The van der Waals surface area contributed by atoms with Gasteiger partial charge in [-0.3, -0.25) is 0 Å². The van der Waals surface area contributed by atoms with Crippen LogP contribution in [0.5, 0.6) is 6.08 Å². The predicted molar refractivity (Wildman–Crippen MR) is 79.7 cm³/mol. The molecule has 0 saturated heterocycles. The number of rotatable bonds is 5. The molecule has 1 aliphatic carbocycles. The summed E-state index contributed by atoms with van der Waals surface area (Å²) >= 11 is 0. The molecule has 114 valence electrons. The first-order chi connectivity index (χ1) is 9.34. The van der Waals surface area contributed by atoms with Crippen molar-refractivity contribution < 1.29 is 9.15 Å². The van der Waals surface area contributed by atoms with Gasteiger partial charge in [0.2, 0.25) is 0 Å². The molecule has 0 bridgehead atoms. The van der Waals surface area contributed by atoms with Crippen molar-refractivity contribution in [3.8, 4) is 6.08 Å². The Kier molecular flexibility index (Phi) is 4.74. The van der Waals surface area contributed by atoms with Gasteiger partial charge in [0, 0.05) is 12.6 Å². The lowest BCUT2D eigenvalue weighted by molar-refractivity contribution is 0.0365. The van der Waals surface area contributed by atoms with Crippen LogP contribution in [0.2, 0.25) is 0 Å². The first kappa shape index (κ1) is 15.4. The van der Waals surface area contributed by atoms with Crippen molar-refractivity contribution in [1.82, 2.24) is 10.3 Å². The largest absolute Gasteiger partial charge is 0.447 e. The summed E-state index contributed by atoms with van der Waals surface area (Å²) in [5, 5.41) is 3.32. The number of ether oxygens (including phenoxy) is 1. The lowest BCUT2D eigenvalue weighted by Crippen LogP contribution is -2.34. The summed E-state index contributed by atoms with van der Waals surface area (Å²) in [5.74, 6) is 0.695. The quantitative estimate of drug-likeness (QED) is 0.892. The molecule has 0 radical (unpaired) electrons. The Balaban J connectivity index is 1.90. The minimum absolute atomic E-state index is 0.221. The zero-order chi connectivity index (χ0) is 14.8. The molecule has 1 heterocycles. The highest BCUT2D eigenvalue weighted by Crippen LogP contribution is 2.39. The van der Waals surface area contributed by atoms with Crippen LogP contribution in [0.3, 0.4) is 0 Å². The molecule has 0 aromatic carbocycles. The number of nitrogens with zero attached hydrogens (tertiary/aromatic N) is 1. The van der Waals surface area contributed by atoms with Gasteiger partial charge in [0.1, 0.15) is 12.4 Å². The van der Waals surface area contributed by atoms with Crippen molar-refractivity contribution in [2.24, 2.45) is 11.3 Å². The van der Waals surface area contributed by atoms with E-state index in [9.17, 15) is 0 Å². The molecule has 4 nitrogen and oxygen atoms in total. The number of aromatic nitrogens is 1. The molecule has 1 aromatic rings. The molecule has 20 heavy (non-hydrogen) atoms. The monoisotopic (exact) mass is 280 g/mol. The Morgan fingerprint density at radius 1 is 1.45 bits per heavy atom. The molecular weight excluding hydrogens is 252 g/mol. The normalized spacial score (nSPS) is 25.9. The molecule has 1 aliphatic rings. The molecule has 2 rings (SSSR count). The van der Waals surface area contributed by atoms with Crippen molar-refractivity contribution >= 4 is 0 Å². The molecule has 2 atom stereocenters. The minimum atomic E-state index is 0.221. The summed E-state index contributed by atoms with van der Waals surface area (Å²) in [6.07, 6.45) is 5.74. The van der Waals surface area contributed by atoms with Gasteiger partial charge in [-0.2, -0.15) is 4.98 Å². The van der Waals surface area contributed by atoms with Crippen LogP contribution in [0.1, 0.15) is 59.6 Å². The maximum Gasteiger partial charge on any atom is 0.394 e. The molecular formula is C16H28N2O2. The summed E-state index contributed by atoms with van der Waals surface area (Å²) in [4.78, 5) is 4.40. The van der Waals surface area contributed by atoms with Crippen LogP contribution in [-0.2, 0) is 6.54 Å². The van der Waals surface area contributed by atoms with Crippen molar-refractivity contribution in [2.75, 3.05) is 0 Å². The Morgan fingerprint density at radius 2 is 2.20 bits per heavy atom. The Bertz CT molecular complexity index is 426. The summed E-state index contributed by atoms with van der Waals surface area (Å²) in [7, 11) is 0. The summed E-state index contributed by atoms with van der Waals surface area (Å²) in [6, 6.07) is 0.441. The van der Waals surface area contributed by atoms with Crippen LogP contribution in [0.25, 0.3) is 0 Å². The summed E-state index contributed by atoms with van der Waals surface area (Å²) in [5.41, 5.74) is 1.24. The van der Waals surface area contributed by atoms with E-state index in [-0.39, 0.29) is 6.10 Å². The molecule has 1 saturated carbocycles. The lowest BCUT2D eigenvalue weighted by atomic mass is 9.71. The molecule has 1 fully saturated rings. The second-order valence-corrected chi connectivity index (χ2v) is 7.29. The molecule has 1 aromatic heterocycles. The van der Waals surface area contributed by atoms with Gasteiger partial charge in [-0.1, -0.05) is 34.6 Å². The lowest BCUT2D eigenvalue weighted by Gasteiger charge is -2.38. The van der Waals surface area contributed by atoms with Gasteiger partial charge in [0.15, 0.2) is 0 Å². The highest BCUT2D eigenvalue weighted by molar-refractivity contribution is 5.00. The van der Waals surface area contributed by atoms with Gasteiger partial charge in [0.25, 0.3) is 0 Å². The maximum absolute atomic E-state index is 5.94. The van der Waals surface area contributed by atoms with E-state index >= 15 is 0 Å². The van der Waals surface area contributed by atoms with Crippen molar-refractivity contribution in [2.45, 2.75) is 72.6 Å². The number of hydrogen-bond donors (Lipinski definition) is 1. The number of oxazole rings is 1.